The fourth-order valence-corrected chi connectivity index (χ4v) is 2.87. The summed E-state index contributed by atoms with van der Waals surface area (Å²) >= 11 is 0. The Labute approximate surface area is 122 Å². The lowest BCUT2D eigenvalue weighted by atomic mass is 10.1. The van der Waals surface area contributed by atoms with E-state index in [9.17, 15) is 21.6 Å². The molecule has 0 fully saturated rings. The molecular formula is C13H19F3N2O2S. The van der Waals surface area contributed by atoms with E-state index in [0.29, 0.717) is 6.42 Å². The first kappa shape index (κ1) is 17.9. The highest BCUT2D eigenvalue weighted by Gasteiger charge is 2.27. The summed E-state index contributed by atoms with van der Waals surface area (Å²) in [6.07, 6.45) is -5.49. The Morgan fingerprint density at radius 3 is 2.38 bits per heavy atom. The predicted molar refractivity (Wildman–Crippen MR) is 75.1 cm³/mol. The van der Waals surface area contributed by atoms with Gasteiger partial charge in [0.15, 0.2) is 0 Å². The molecule has 0 aliphatic heterocycles. The van der Waals surface area contributed by atoms with Crippen molar-refractivity contribution in [3.63, 3.8) is 0 Å². The Hall–Kier alpha value is -1.12. The Bertz CT molecular complexity index is 518. The minimum Gasteiger partial charge on any atom is -0.324 e. The second-order valence-corrected chi connectivity index (χ2v) is 6.66. The third-order valence-corrected chi connectivity index (χ3v) is 4.35. The van der Waals surface area contributed by atoms with Crippen molar-refractivity contribution in [2.45, 2.75) is 31.5 Å². The first-order valence-corrected chi connectivity index (χ1v) is 8.19. The van der Waals surface area contributed by atoms with Gasteiger partial charge >= 0.3 is 6.18 Å². The van der Waals surface area contributed by atoms with E-state index in [4.69, 9.17) is 5.73 Å². The van der Waals surface area contributed by atoms with Crippen molar-refractivity contribution in [1.82, 2.24) is 4.72 Å². The van der Waals surface area contributed by atoms with Crippen LogP contribution in [0.3, 0.4) is 0 Å². The van der Waals surface area contributed by atoms with Gasteiger partial charge in [0, 0.05) is 19.0 Å². The second kappa shape index (κ2) is 7.77. The molecule has 1 unspecified atom stereocenters. The minimum absolute atomic E-state index is 0.102. The van der Waals surface area contributed by atoms with Gasteiger partial charge in [-0.25, -0.2) is 13.1 Å². The number of sulfonamides is 1. The summed E-state index contributed by atoms with van der Waals surface area (Å²) in [6, 6.07) is 8.86. The van der Waals surface area contributed by atoms with E-state index in [1.807, 2.05) is 30.3 Å². The summed E-state index contributed by atoms with van der Waals surface area (Å²) in [4.78, 5) is 0. The van der Waals surface area contributed by atoms with E-state index in [0.717, 1.165) is 5.56 Å². The first-order chi connectivity index (χ1) is 9.70. The van der Waals surface area contributed by atoms with Gasteiger partial charge in [0.1, 0.15) is 0 Å². The van der Waals surface area contributed by atoms with Crippen LogP contribution in [0.2, 0.25) is 0 Å². The maximum absolute atomic E-state index is 11.9. The number of alkyl halides is 3. The molecule has 0 heterocycles. The van der Waals surface area contributed by atoms with Crippen LogP contribution in [-0.4, -0.2) is 26.9 Å². The van der Waals surface area contributed by atoms with Crippen molar-refractivity contribution >= 4 is 10.0 Å². The highest BCUT2D eigenvalue weighted by atomic mass is 32.2. The lowest BCUT2D eigenvalue weighted by molar-refractivity contribution is -0.134. The topological polar surface area (TPSA) is 72.2 Å². The van der Waals surface area contributed by atoms with Gasteiger partial charge in [-0.1, -0.05) is 30.3 Å². The fourth-order valence-electron chi connectivity index (χ4n) is 1.77. The van der Waals surface area contributed by atoms with E-state index < -0.39 is 34.8 Å². The maximum Gasteiger partial charge on any atom is 0.389 e. The summed E-state index contributed by atoms with van der Waals surface area (Å²) in [5, 5.41) is 0. The molecule has 1 aromatic carbocycles. The van der Waals surface area contributed by atoms with Gasteiger partial charge < -0.3 is 5.73 Å². The molecule has 0 amide bonds. The molecule has 8 heteroatoms. The van der Waals surface area contributed by atoms with Crippen molar-refractivity contribution in [3.8, 4) is 0 Å². The number of nitrogens with two attached hydrogens (primary N) is 1. The number of halogens is 3. The molecule has 0 saturated carbocycles. The van der Waals surface area contributed by atoms with Crippen LogP contribution in [0.15, 0.2) is 30.3 Å². The van der Waals surface area contributed by atoms with E-state index in [2.05, 4.69) is 4.72 Å². The molecule has 1 aromatic rings. The van der Waals surface area contributed by atoms with E-state index >= 15 is 0 Å². The lowest BCUT2D eigenvalue weighted by Gasteiger charge is -2.13. The smallest absolute Gasteiger partial charge is 0.324 e. The Morgan fingerprint density at radius 1 is 1.19 bits per heavy atom. The normalized spacial score (nSPS) is 14.1. The fraction of sp³-hybridized carbons (Fsp3) is 0.538. The number of hydrogen-bond acceptors (Lipinski definition) is 3. The average Bonchev–Trinajstić information content (AvgIpc) is 2.37. The highest BCUT2D eigenvalue weighted by Crippen LogP contribution is 2.21. The van der Waals surface area contributed by atoms with Crippen molar-refractivity contribution in [2.24, 2.45) is 5.73 Å². The van der Waals surface area contributed by atoms with Gasteiger partial charge in [0.2, 0.25) is 10.0 Å². The standard InChI is InChI=1S/C13H19F3N2O2S/c14-13(15,16)8-4-10-21(19,20)18-9-7-12(17)11-5-2-1-3-6-11/h1-3,5-6,12,18H,4,7-10,17H2. The zero-order valence-corrected chi connectivity index (χ0v) is 12.3. The zero-order valence-electron chi connectivity index (χ0n) is 11.4. The molecule has 120 valence electrons. The minimum atomic E-state index is -4.33. The van der Waals surface area contributed by atoms with Gasteiger partial charge in [-0.15, -0.1) is 0 Å². The van der Waals surface area contributed by atoms with Crippen molar-refractivity contribution < 1.29 is 21.6 Å². The summed E-state index contributed by atoms with van der Waals surface area (Å²) in [5.41, 5.74) is 6.78. The summed E-state index contributed by atoms with van der Waals surface area (Å²) < 4.78 is 61.1. The van der Waals surface area contributed by atoms with Crippen LogP contribution in [0.1, 0.15) is 30.9 Å². The Morgan fingerprint density at radius 2 is 1.81 bits per heavy atom. The zero-order chi connectivity index (χ0) is 15.9. The van der Waals surface area contributed by atoms with Crippen molar-refractivity contribution in [1.29, 1.82) is 0 Å². The van der Waals surface area contributed by atoms with Crippen LogP contribution in [0, 0.1) is 0 Å². The molecule has 0 aliphatic rings. The molecule has 0 bridgehead atoms. The molecular weight excluding hydrogens is 305 g/mol. The molecule has 0 aliphatic carbocycles. The number of hydrogen-bond donors (Lipinski definition) is 2. The quantitative estimate of drug-likeness (QED) is 0.771. The predicted octanol–water partition coefficient (Wildman–Crippen LogP) is 2.34. The Kier molecular flexibility index (Phi) is 6.63. The molecule has 0 spiro atoms. The van der Waals surface area contributed by atoms with Crippen molar-refractivity contribution in [3.05, 3.63) is 35.9 Å². The Balaban J connectivity index is 2.30. The summed E-state index contributed by atoms with van der Waals surface area (Å²) in [7, 11) is -3.69. The van der Waals surface area contributed by atoms with Gasteiger partial charge in [-0.2, -0.15) is 13.2 Å². The third-order valence-electron chi connectivity index (χ3n) is 2.88. The molecule has 0 radical (unpaired) electrons. The van der Waals surface area contributed by atoms with Crippen LogP contribution in [0.4, 0.5) is 13.2 Å². The largest absolute Gasteiger partial charge is 0.389 e. The van der Waals surface area contributed by atoms with Crippen LogP contribution in [0.5, 0.6) is 0 Å². The molecule has 21 heavy (non-hydrogen) atoms. The lowest BCUT2D eigenvalue weighted by Crippen LogP contribution is -2.29. The van der Waals surface area contributed by atoms with Gasteiger partial charge in [0.05, 0.1) is 5.75 Å². The van der Waals surface area contributed by atoms with E-state index in [1.54, 1.807) is 0 Å². The highest BCUT2D eigenvalue weighted by molar-refractivity contribution is 7.89. The molecule has 3 N–H and O–H groups in total. The second-order valence-electron chi connectivity index (χ2n) is 4.74. The van der Waals surface area contributed by atoms with Crippen LogP contribution in [-0.2, 0) is 10.0 Å². The number of benzene rings is 1. The monoisotopic (exact) mass is 324 g/mol. The van der Waals surface area contributed by atoms with Gasteiger partial charge in [-0.05, 0) is 18.4 Å². The molecule has 0 aromatic heterocycles. The molecule has 1 atom stereocenters. The summed E-state index contributed by atoms with van der Waals surface area (Å²) in [5.74, 6) is -0.535. The van der Waals surface area contributed by atoms with Crippen LogP contribution < -0.4 is 10.5 Å². The third kappa shape index (κ3) is 8.03. The molecule has 4 nitrogen and oxygen atoms in total. The van der Waals surface area contributed by atoms with Crippen molar-refractivity contribution in [2.75, 3.05) is 12.3 Å². The van der Waals surface area contributed by atoms with E-state index in [-0.39, 0.29) is 12.6 Å². The molecule has 1 rings (SSSR count). The van der Waals surface area contributed by atoms with Gasteiger partial charge in [0.25, 0.3) is 0 Å². The number of nitrogens with one attached hydrogen (secondary N) is 1. The van der Waals surface area contributed by atoms with Crippen LogP contribution >= 0.6 is 0 Å². The number of rotatable bonds is 8. The maximum atomic E-state index is 11.9. The summed E-state index contributed by atoms with van der Waals surface area (Å²) in [6.45, 7) is 0.102. The first-order valence-electron chi connectivity index (χ1n) is 6.54. The van der Waals surface area contributed by atoms with Gasteiger partial charge in [-0.3, -0.25) is 0 Å². The molecule has 0 saturated heterocycles. The SMILES string of the molecule is NC(CCNS(=O)(=O)CCCC(F)(F)F)c1ccccc1. The van der Waals surface area contributed by atoms with Crippen LogP contribution in [0.25, 0.3) is 0 Å². The van der Waals surface area contributed by atoms with E-state index in [1.165, 1.54) is 0 Å². The average molecular weight is 324 g/mol.